The molecule has 11 atom stereocenters. The summed E-state index contributed by atoms with van der Waals surface area (Å²) >= 11 is 0. The Labute approximate surface area is 180 Å². The van der Waals surface area contributed by atoms with Gasteiger partial charge in [0, 0.05) is 12.5 Å². The third-order valence-corrected chi connectivity index (χ3v) is 11.4. The summed E-state index contributed by atoms with van der Waals surface area (Å²) in [7, 11) is 0. The Morgan fingerprint density at radius 2 is 1.83 bits per heavy atom. The number of hydrogen-bond acceptors (Lipinski definition) is 2. The highest BCUT2D eigenvalue weighted by atomic mass is 16.5. The molecule has 166 valence electrons. The quantitative estimate of drug-likeness (QED) is 0.570. The molecule has 1 saturated heterocycles. The Morgan fingerprint density at radius 1 is 1.00 bits per heavy atom. The van der Waals surface area contributed by atoms with Crippen molar-refractivity contribution in [1.29, 1.82) is 0 Å². The minimum absolute atomic E-state index is 0.293. The molecule has 1 N–H and O–H groups in total. The summed E-state index contributed by atoms with van der Waals surface area (Å²) in [5, 5.41) is 3.80. The van der Waals surface area contributed by atoms with Crippen molar-refractivity contribution in [2.45, 2.75) is 111 Å². The molecule has 0 spiro atoms. The van der Waals surface area contributed by atoms with Crippen molar-refractivity contribution in [3.05, 3.63) is 0 Å². The average molecular weight is 402 g/mol. The summed E-state index contributed by atoms with van der Waals surface area (Å²) in [6.07, 6.45) is 15.5. The summed E-state index contributed by atoms with van der Waals surface area (Å²) in [5.41, 5.74) is 1.18. The molecule has 0 aromatic carbocycles. The number of rotatable bonds is 4. The van der Waals surface area contributed by atoms with Crippen LogP contribution in [0.2, 0.25) is 0 Å². The standard InChI is InChI=1S/C27H47NO/c1-6-17(2)16-28-25-18(3)24-23(29-25)15-22-20-11-10-19-9-7-8-13-26(19,4)21(20)12-14-27(22,24)5/h17-25,28H,6-16H2,1-5H3/t17-,18?,19?,20+,21?,22?,23-,24?,25-,26-,27-/m0/s1. The molecule has 5 aliphatic rings. The predicted octanol–water partition coefficient (Wildman–Crippen LogP) is 6.64. The van der Waals surface area contributed by atoms with E-state index in [-0.39, 0.29) is 0 Å². The van der Waals surface area contributed by atoms with Crippen LogP contribution in [0.25, 0.3) is 0 Å². The van der Waals surface area contributed by atoms with Crippen LogP contribution in [0.4, 0.5) is 0 Å². The molecule has 0 aromatic heterocycles. The van der Waals surface area contributed by atoms with E-state index in [1.165, 1.54) is 64.2 Å². The van der Waals surface area contributed by atoms with Crippen molar-refractivity contribution in [1.82, 2.24) is 5.32 Å². The fraction of sp³-hybridized carbons (Fsp3) is 1.00. The van der Waals surface area contributed by atoms with E-state index in [0.717, 1.165) is 42.1 Å². The fourth-order valence-electron chi connectivity index (χ4n) is 9.60. The second kappa shape index (κ2) is 7.51. The van der Waals surface area contributed by atoms with Crippen LogP contribution < -0.4 is 5.32 Å². The molecule has 1 aliphatic heterocycles. The lowest BCUT2D eigenvalue weighted by molar-refractivity contribution is -0.115. The molecule has 2 nitrogen and oxygen atoms in total. The topological polar surface area (TPSA) is 21.3 Å². The molecule has 0 amide bonds. The Balaban J connectivity index is 1.33. The summed E-state index contributed by atoms with van der Waals surface area (Å²) < 4.78 is 6.75. The first-order valence-corrected chi connectivity index (χ1v) is 13.3. The van der Waals surface area contributed by atoms with Gasteiger partial charge in [0.2, 0.25) is 0 Å². The van der Waals surface area contributed by atoms with Crippen molar-refractivity contribution < 1.29 is 4.74 Å². The van der Waals surface area contributed by atoms with Crippen molar-refractivity contribution in [2.24, 2.45) is 52.3 Å². The summed E-state index contributed by atoms with van der Waals surface area (Å²) in [6.45, 7) is 13.7. The zero-order valence-corrected chi connectivity index (χ0v) is 19.9. The van der Waals surface area contributed by atoms with Gasteiger partial charge in [-0.05, 0) is 91.3 Å². The van der Waals surface area contributed by atoms with Crippen LogP contribution in [0.15, 0.2) is 0 Å². The number of fused-ring (bicyclic) bond motifs is 7. The smallest absolute Gasteiger partial charge is 0.111 e. The normalized spacial score (nSPS) is 54.9. The van der Waals surface area contributed by atoms with Crippen LogP contribution in [0.5, 0.6) is 0 Å². The molecule has 0 radical (unpaired) electrons. The van der Waals surface area contributed by atoms with Crippen molar-refractivity contribution >= 4 is 0 Å². The number of nitrogens with one attached hydrogen (secondary N) is 1. The molecule has 29 heavy (non-hydrogen) atoms. The van der Waals surface area contributed by atoms with Gasteiger partial charge in [0.05, 0.1) is 6.10 Å². The van der Waals surface area contributed by atoms with Gasteiger partial charge in [-0.15, -0.1) is 0 Å². The van der Waals surface area contributed by atoms with E-state index in [2.05, 4.69) is 39.9 Å². The molecule has 4 saturated carbocycles. The molecular formula is C27H47NO. The highest BCUT2D eigenvalue weighted by Gasteiger charge is 2.65. The lowest BCUT2D eigenvalue weighted by atomic mass is 9.44. The maximum absolute atomic E-state index is 6.75. The van der Waals surface area contributed by atoms with Crippen molar-refractivity contribution in [2.75, 3.05) is 6.54 Å². The second-order valence-electron chi connectivity index (χ2n) is 12.6. The van der Waals surface area contributed by atoms with Gasteiger partial charge in [-0.2, -0.15) is 0 Å². The van der Waals surface area contributed by atoms with Gasteiger partial charge >= 0.3 is 0 Å². The highest BCUT2D eigenvalue weighted by molar-refractivity contribution is 5.13. The molecule has 5 fully saturated rings. The molecule has 0 bridgehead atoms. The summed E-state index contributed by atoms with van der Waals surface area (Å²) in [4.78, 5) is 0. The maximum atomic E-state index is 6.75. The zero-order chi connectivity index (χ0) is 20.4. The molecule has 4 aliphatic carbocycles. The fourth-order valence-corrected chi connectivity index (χ4v) is 9.60. The third kappa shape index (κ3) is 3.09. The lowest BCUT2D eigenvalue weighted by Gasteiger charge is -2.60. The zero-order valence-electron chi connectivity index (χ0n) is 19.9. The number of hydrogen-bond donors (Lipinski definition) is 1. The summed E-state index contributed by atoms with van der Waals surface area (Å²) in [5.74, 6) is 6.14. The van der Waals surface area contributed by atoms with E-state index in [0.29, 0.717) is 29.1 Å². The van der Waals surface area contributed by atoms with E-state index in [9.17, 15) is 0 Å². The molecule has 5 rings (SSSR count). The SMILES string of the molecule is CC[C@H](C)CN[C@H]1O[C@H]2CC3[C@@H]4CCC5CCCC[C@]5(C)C4CC[C@]3(C)C2C1C. The van der Waals surface area contributed by atoms with E-state index < -0.39 is 0 Å². The maximum Gasteiger partial charge on any atom is 0.111 e. The van der Waals surface area contributed by atoms with Crippen LogP contribution >= 0.6 is 0 Å². The molecule has 2 heteroatoms. The van der Waals surface area contributed by atoms with Gasteiger partial charge < -0.3 is 4.74 Å². The van der Waals surface area contributed by atoms with E-state index >= 15 is 0 Å². The Kier molecular flexibility index (Phi) is 5.38. The first kappa shape index (κ1) is 20.8. The van der Waals surface area contributed by atoms with E-state index in [1.54, 1.807) is 0 Å². The molecule has 1 heterocycles. The molecular weight excluding hydrogens is 354 g/mol. The lowest BCUT2D eigenvalue weighted by Crippen LogP contribution is -2.53. The predicted molar refractivity (Wildman–Crippen MR) is 120 cm³/mol. The largest absolute Gasteiger partial charge is 0.360 e. The van der Waals surface area contributed by atoms with Gasteiger partial charge in [0.15, 0.2) is 0 Å². The van der Waals surface area contributed by atoms with Gasteiger partial charge in [0.1, 0.15) is 6.23 Å². The van der Waals surface area contributed by atoms with Crippen molar-refractivity contribution in [3.63, 3.8) is 0 Å². The monoisotopic (exact) mass is 401 g/mol. The first-order valence-electron chi connectivity index (χ1n) is 13.3. The minimum atomic E-state index is 0.293. The van der Waals surface area contributed by atoms with Crippen LogP contribution in [-0.4, -0.2) is 18.9 Å². The second-order valence-corrected chi connectivity index (χ2v) is 12.6. The van der Waals surface area contributed by atoms with Gasteiger partial charge in [-0.3, -0.25) is 5.32 Å². The van der Waals surface area contributed by atoms with Crippen LogP contribution in [0.1, 0.15) is 98.8 Å². The van der Waals surface area contributed by atoms with Crippen LogP contribution in [-0.2, 0) is 4.74 Å². The van der Waals surface area contributed by atoms with E-state index in [1.807, 2.05) is 0 Å². The Hall–Kier alpha value is -0.0800. The third-order valence-electron chi connectivity index (χ3n) is 11.4. The van der Waals surface area contributed by atoms with Gasteiger partial charge in [0.25, 0.3) is 0 Å². The average Bonchev–Trinajstić information content (AvgIpc) is 3.19. The van der Waals surface area contributed by atoms with Crippen LogP contribution in [0.3, 0.4) is 0 Å². The molecule has 5 unspecified atom stereocenters. The first-order chi connectivity index (χ1) is 13.9. The Bertz CT molecular complexity index is 605. The number of ether oxygens (including phenoxy) is 1. The van der Waals surface area contributed by atoms with E-state index in [4.69, 9.17) is 4.74 Å². The van der Waals surface area contributed by atoms with Gasteiger partial charge in [-0.25, -0.2) is 0 Å². The van der Waals surface area contributed by atoms with Gasteiger partial charge in [-0.1, -0.05) is 53.9 Å². The minimum Gasteiger partial charge on any atom is -0.360 e. The van der Waals surface area contributed by atoms with Crippen LogP contribution in [0, 0.1) is 52.3 Å². The molecule has 0 aromatic rings. The highest BCUT2D eigenvalue weighted by Crippen LogP contribution is 2.69. The summed E-state index contributed by atoms with van der Waals surface area (Å²) in [6, 6.07) is 0. The Morgan fingerprint density at radius 3 is 2.62 bits per heavy atom. The van der Waals surface area contributed by atoms with Crippen molar-refractivity contribution in [3.8, 4) is 0 Å².